The summed E-state index contributed by atoms with van der Waals surface area (Å²) in [6, 6.07) is 6.35. The molecule has 23 heavy (non-hydrogen) atoms. The molecule has 0 aliphatic carbocycles. The molecule has 1 aromatic carbocycles. The molecule has 1 aromatic heterocycles. The molecule has 1 amide bonds. The lowest BCUT2D eigenvalue weighted by molar-refractivity contribution is 0.101. The molecular weight excluding hydrogens is 296 g/mol. The molecule has 0 radical (unpaired) electrons. The summed E-state index contributed by atoms with van der Waals surface area (Å²) < 4.78 is 10.3. The topological polar surface area (TPSA) is 84.6 Å². The number of nitrogens with zero attached hydrogens (tertiary/aromatic N) is 1. The van der Waals surface area contributed by atoms with Crippen molar-refractivity contribution in [3.63, 3.8) is 0 Å². The third-order valence-electron chi connectivity index (χ3n) is 4.38. The maximum Gasteiger partial charge on any atom is 0.265 e. The number of phenols is 1. The highest BCUT2D eigenvalue weighted by Gasteiger charge is 2.27. The zero-order chi connectivity index (χ0) is 17.0. The molecule has 0 unspecified atom stereocenters. The number of aromatic nitrogens is 1. The Balaban J connectivity index is 2.24. The lowest BCUT2D eigenvalue weighted by atomic mass is 9.81. The van der Waals surface area contributed by atoms with Crippen LogP contribution in [-0.2, 0) is 5.41 Å². The van der Waals surface area contributed by atoms with Crippen molar-refractivity contribution in [1.82, 2.24) is 5.16 Å². The second-order valence-corrected chi connectivity index (χ2v) is 5.65. The van der Waals surface area contributed by atoms with E-state index in [2.05, 4.69) is 31.2 Å². The van der Waals surface area contributed by atoms with Gasteiger partial charge < -0.3 is 14.4 Å². The van der Waals surface area contributed by atoms with E-state index in [1.807, 2.05) is 0 Å². The van der Waals surface area contributed by atoms with Gasteiger partial charge in [0.05, 0.1) is 12.8 Å². The highest BCUT2D eigenvalue weighted by Crippen LogP contribution is 2.32. The predicted octanol–water partition coefficient (Wildman–Crippen LogP) is 3.72. The van der Waals surface area contributed by atoms with Gasteiger partial charge in [0, 0.05) is 11.5 Å². The summed E-state index contributed by atoms with van der Waals surface area (Å²) in [5.74, 6) is -0.150. The van der Waals surface area contributed by atoms with E-state index in [4.69, 9.17) is 9.26 Å². The number of hydrogen-bond donors (Lipinski definition) is 2. The molecule has 1 heterocycles. The molecule has 0 aliphatic rings. The molecule has 6 heteroatoms. The summed E-state index contributed by atoms with van der Waals surface area (Å²) >= 11 is 0. The summed E-state index contributed by atoms with van der Waals surface area (Å²) in [7, 11) is 1.44. The second-order valence-electron chi connectivity index (χ2n) is 5.65. The number of amides is 1. The highest BCUT2D eigenvalue weighted by atomic mass is 16.5. The summed E-state index contributed by atoms with van der Waals surface area (Å²) in [5.41, 5.74) is 0.753. The minimum Gasteiger partial charge on any atom is -0.507 e. The van der Waals surface area contributed by atoms with Crippen molar-refractivity contribution >= 4 is 11.8 Å². The van der Waals surface area contributed by atoms with Crippen molar-refractivity contribution in [2.75, 3.05) is 12.4 Å². The Bertz CT molecular complexity index is 690. The van der Waals surface area contributed by atoms with E-state index in [9.17, 15) is 9.90 Å². The minimum absolute atomic E-state index is 0.0571. The normalized spacial score (nSPS) is 11.3. The van der Waals surface area contributed by atoms with Gasteiger partial charge in [-0.3, -0.25) is 10.1 Å². The van der Waals surface area contributed by atoms with Crippen LogP contribution in [0.4, 0.5) is 5.88 Å². The van der Waals surface area contributed by atoms with Crippen LogP contribution in [0.1, 0.15) is 49.7 Å². The van der Waals surface area contributed by atoms with Crippen LogP contribution in [0.25, 0.3) is 0 Å². The van der Waals surface area contributed by atoms with Crippen molar-refractivity contribution in [3.05, 3.63) is 35.5 Å². The van der Waals surface area contributed by atoms with E-state index in [0.717, 1.165) is 18.5 Å². The van der Waals surface area contributed by atoms with E-state index >= 15 is 0 Å². The number of benzene rings is 1. The molecule has 0 atom stereocenters. The molecule has 124 valence electrons. The summed E-state index contributed by atoms with van der Waals surface area (Å²) in [6.07, 6.45) is 1.83. The number of anilines is 1. The van der Waals surface area contributed by atoms with Gasteiger partial charge in [0.25, 0.3) is 5.91 Å². The molecule has 0 fully saturated rings. The minimum atomic E-state index is -0.516. The van der Waals surface area contributed by atoms with Crippen LogP contribution >= 0.6 is 0 Å². The smallest absolute Gasteiger partial charge is 0.265 e. The standard InChI is InChI=1S/C17H22N2O4/c1-5-17(3,6-2)13-10-14(23-19-13)18-16(21)15-11(20)8-7-9-12(15)22-4/h7-10,20H,5-6H2,1-4H3,(H,18,21). The number of phenolic OH excluding ortho intramolecular Hbond substituents is 1. The molecule has 6 nitrogen and oxygen atoms in total. The first-order valence-electron chi connectivity index (χ1n) is 7.59. The van der Waals surface area contributed by atoms with Crippen LogP contribution in [0, 0.1) is 0 Å². The van der Waals surface area contributed by atoms with Gasteiger partial charge in [-0.25, -0.2) is 0 Å². The molecule has 2 aromatic rings. The van der Waals surface area contributed by atoms with Gasteiger partial charge in [0.15, 0.2) is 0 Å². The number of hydrogen-bond acceptors (Lipinski definition) is 5. The van der Waals surface area contributed by atoms with Crippen LogP contribution in [0.5, 0.6) is 11.5 Å². The Hall–Kier alpha value is -2.50. The third kappa shape index (κ3) is 3.31. The first-order chi connectivity index (χ1) is 10.9. The molecule has 2 N–H and O–H groups in total. The number of ether oxygens (including phenoxy) is 1. The Morgan fingerprint density at radius 1 is 1.39 bits per heavy atom. The molecule has 0 spiro atoms. The number of carbonyl (C=O) groups excluding carboxylic acids is 1. The zero-order valence-electron chi connectivity index (χ0n) is 13.8. The molecule has 0 saturated heterocycles. The van der Waals surface area contributed by atoms with Crippen LogP contribution in [-0.4, -0.2) is 23.3 Å². The Kier molecular flexibility index (Phi) is 4.93. The van der Waals surface area contributed by atoms with E-state index in [1.54, 1.807) is 18.2 Å². The number of rotatable bonds is 6. The Morgan fingerprint density at radius 3 is 2.70 bits per heavy atom. The fourth-order valence-corrected chi connectivity index (χ4v) is 2.32. The van der Waals surface area contributed by atoms with Crippen molar-refractivity contribution in [3.8, 4) is 11.5 Å². The maximum atomic E-state index is 12.4. The largest absolute Gasteiger partial charge is 0.507 e. The van der Waals surface area contributed by atoms with Crippen LogP contribution in [0.15, 0.2) is 28.8 Å². The van der Waals surface area contributed by atoms with Crippen LogP contribution < -0.4 is 10.1 Å². The van der Waals surface area contributed by atoms with Gasteiger partial charge in [-0.2, -0.15) is 0 Å². The van der Waals surface area contributed by atoms with E-state index < -0.39 is 5.91 Å². The van der Waals surface area contributed by atoms with Gasteiger partial charge in [-0.05, 0) is 25.0 Å². The van der Waals surface area contributed by atoms with Gasteiger partial charge in [0.2, 0.25) is 5.88 Å². The third-order valence-corrected chi connectivity index (χ3v) is 4.38. The Morgan fingerprint density at radius 2 is 2.09 bits per heavy atom. The monoisotopic (exact) mass is 318 g/mol. The van der Waals surface area contributed by atoms with Crippen molar-refractivity contribution < 1.29 is 19.2 Å². The van der Waals surface area contributed by atoms with E-state index in [1.165, 1.54) is 13.2 Å². The fraction of sp³-hybridized carbons (Fsp3) is 0.412. The number of nitrogens with one attached hydrogen (secondary N) is 1. The van der Waals surface area contributed by atoms with Crippen molar-refractivity contribution in [1.29, 1.82) is 0 Å². The lowest BCUT2D eigenvalue weighted by Gasteiger charge is -2.22. The molecule has 2 rings (SSSR count). The quantitative estimate of drug-likeness (QED) is 0.848. The molecule has 0 aliphatic heterocycles. The first kappa shape index (κ1) is 16.9. The average molecular weight is 318 g/mol. The van der Waals surface area contributed by atoms with Crippen LogP contribution in [0.3, 0.4) is 0 Å². The van der Waals surface area contributed by atoms with Gasteiger partial charge in [-0.1, -0.05) is 32.0 Å². The number of methoxy groups -OCH3 is 1. The second kappa shape index (κ2) is 6.73. The van der Waals surface area contributed by atoms with Crippen LogP contribution in [0.2, 0.25) is 0 Å². The predicted molar refractivity (Wildman–Crippen MR) is 87.0 cm³/mol. The average Bonchev–Trinajstić information content (AvgIpc) is 3.02. The molecule has 0 saturated carbocycles. The summed E-state index contributed by atoms with van der Waals surface area (Å²) in [5, 5.41) is 16.6. The number of aromatic hydroxyl groups is 1. The highest BCUT2D eigenvalue weighted by molar-refractivity contribution is 6.07. The van der Waals surface area contributed by atoms with Crippen molar-refractivity contribution in [2.45, 2.75) is 39.0 Å². The SMILES string of the molecule is CCC(C)(CC)c1cc(NC(=O)c2c(O)cccc2OC)on1. The number of carbonyl (C=O) groups is 1. The summed E-state index contributed by atoms with van der Waals surface area (Å²) in [6.45, 7) is 6.27. The van der Waals surface area contributed by atoms with Gasteiger partial charge in [0.1, 0.15) is 17.1 Å². The molecule has 0 bridgehead atoms. The van der Waals surface area contributed by atoms with Gasteiger partial charge >= 0.3 is 0 Å². The first-order valence-corrected chi connectivity index (χ1v) is 7.59. The maximum absolute atomic E-state index is 12.4. The Labute approximate surface area is 135 Å². The lowest BCUT2D eigenvalue weighted by Crippen LogP contribution is -2.19. The summed E-state index contributed by atoms with van der Waals surface area (Å²) in [4.78, 5) is 12.4. The van der Waals surface area contributed by atoms with E-state index in [-0.39, 0.29) is 28.4 Å². The zero-order valence-corrected chi connectivity index (χ0v) is 13.8. The van der Waals surface area contributed by atoms with Crippen molar-refractivity contribution in [2.24, 2.45) is 0 Å². The van der Waals surface area contributed by atoms with E-state index in [0.29, 0.717) is 0 Å². The fourth-order valence-electron chi connectivity index (χ4n) is 2.32. The molecular formula is C17H22N2O4. The van der Waals surface area contributed by atoms with Gasteiger partial charge in [-0.15, -0.1) is 0 Å².